The lowest BCUT2D eigenvalue weighted by atomic mass is 9.96. The predicted octanol–water partition coefficient (Wildman–Crippen LogP) is 11.7. The number of hydrogen-bond donors (Lipinski definition) is 0. The van der Waals surface area contributed by atoms with Crippen LogP contribution in [-0.2, 0) is 4.74 Å². The quantitative estimate of drug-likeness (QED) is 0.182. The van der Waals surface area contributed by atoms with Gasteiger partial charge in [0.1, 0.15) is 4.88 Å². The molecule has 0 aliphatic rings. The minimum absolute atomic E-state index is 0.0436. The van der Waals surface area contributed by atoms with E-state index in [1.54, 1.807) is 22.7 Å². The molecule has 0 saturated carbocycles. The van der Waals surface area contributed by atoms with Crippen molar-refractivity contribution < 1.29 is 13.9 Å². The van der Waals surface area contributed by atoms with Crippen molar-refractivity contribution in [2.45, 2.75) is 27.7 Å². The Hall–Kier alpha value is -2.40. The van der Waals surface area contributed by atoms with Gasteiger partial charge in [-0.25, -0.2) is 9.18 Å². The second-order valence-corrected chi connectivity index (χ2v) is 16.6. The van der Waals surface area contributed by atoms with Crippen LogP contribution in [0, 0.1) is 33.5 Å². The van der Waals surface area contributed by atoms with Crippen LogP contribution in [0.1, 0.15) is 29.2 Å². The number of carbonyl (C=O) groups is 1. The molecule has 39 heavy (non-hydrogen) atoms. The molecular formula is C30H21FO2S6. The van der Waals surface area contributed by atoms with Gasteiger partial charge in [0.25, 0.3) is 0 Å². The molecule has 0 amide bonds. The van der Waals surface area contributed by atoms with Gasteiger partial charge in [0.15, 0.2) is 5.82 Å². The Morgan fingerprint density at radius 2 is 1.31 bits per heavy atom. The molecule has 7 aromatic rings. The van der Waals surface area contributed by atoms with E-state index in [0.29, 0.717) is 5.39 Å². The summed E-state index contributed by atoms with van der Waals surface area (Å²) in [5, 5.41) is 3.07. The van der Waals surface area contributed by atoms with E-state index in [-0.39, 0.29) is 4.88 Å². The average Bonchev–Trinajstić information content (AvgIpc) is 3.72. The largest absolute Gasteiger partial charge is 0.465 e. The Labute approximate surface area is 248 Å². The number of rotatable bonds is 4. The fraction of sp³-hybridized carbons (Fsp3) is 0.167. The number of aryl methyl sites for hydroxylation is 4. The van der Waals surface area contributed by atoms with Gasteiger partial charge in [-0.3, -0.25) is 0 Å². The summed E-state index contributed by atoms with van der Waals surface area (Å²) in [6, 6.07) is 13.5. The smallest absolute Gasteiger partial charge is 0.351 e. The number of halogens is 1. The normalized spacial score (nSPS) is 11.9. The lowest BCUT2D eigenvalue weighted by molar-refractivity contribution is 0.0602. The molecule has 0 unspecified atom stereocenters. The maximum Gasteiger partial charge on any atom is 0.351 e. The highest BCUT2D eigenvalue weighted by Gasteiger charge is 2.27. The van der Waals surface area contributed by atoms with E-state index >= 15 is 4.39 Å². The van der Waals surface area contributed by atoms with Gasteiger partial charge < -0.3 is 4.74 Å². The van der Waals surface area contributed by atoms with E-state index < -0.39 is 11.8 Å². The molecule has 1 aromatic carbocycles. The van der Waals surface area contributed by atoms with Crippen molar-refractivity contribution in [3.05, 3.63) is 66.6 Å². The van der Waals surface area contributed by atoms with E-state index in [9.17, 15) is 4.79 Å². The van der Waals surface area contributed by atoms with Crippen LogP contribution in [-0.4, -0.2) is 13.1 Å². The second-order valence-electron chi connectivity index (χ2n) is 9.45. The standard InChI is InChI=1S/C30H21FO2S6/c1-12-6-8-18(34-12)22-16-10-14(3)36-25(16)26-17(23(22)19-9-7-13(2)35-19)11-20(38-26)27-28-21(15(4)37-27)24(31)29(39-28)30(32)33-5/h6-11H,1-5H3. The van der Waals surface area contributed by atoms with Crippen molar-refractivity contribution in [2.75, 3.05) is 7.11 Å². The van der Waals surface area contributed by atoms with E-state index in [2.05, 4.69) is 57.2 Å². The topological polar surface area (TPSA) is 26.3 Å². The molecule has 0 aliphatic heterocycles. The summed E-state index contributed by atoms with van der Waals surface area (Å²) < 4.78 is 23.6. The second kappa shape index (κ2) is 9.33. The van der Waals surface area contributed by atoms with Crippen molar-refractivity contribution >= 4 is 104 Å². The number of thiophene rings is 6. The minimum Gasteiger partial charge on any atom is -0.465 e. The number of ether oxygens (including phenoxy) is 1. The molecule has 2 nitrogen and oxygen atoms in total. The van der Waals surface area contributed by atoms with Gasteiger partial charge >= 0.3 is 5.97 Å². The first-order valence-corrected chi connectivity index (χ1v) is 17.1. The molecule has 0 radical (unpaired) electrons. The van der Waals surface area contributed by atoms with Gasteiger partial charge in [-0.05, 0) is 64.1 Å². The highest BCUT2D eigenvalue weighted by atomic mass is 32.1. The molecule has 7 rings (SSSR count). The van der Waals surface area contributed by atoms with Gasteiger partial charge in [0.2, 0.25) is 0 Å². The molecule has 0 bridgehead atoms. The van der Waals surface area contributed by atoms with E-state index in [1.165, 1.54) is 74.1 Å². The van der Waals surface area contributed by atoms with E-state index in [4.69, 9.17) is 4.74 Å². The third kappa shape index (κ3) is 3.89. The number of methoxy groups -OCH3 is 1. The highest BCUT2D eigenvalue weighted by Crippen LogP contribution is 2.55. The van der Waals surface area contributed by atoms with Crippen molar-refractivity contribution in [3.8, 4) is 30.6 Å². The van der Waals surface area contributed by atoms with Gasteiger partial charge in [0.05, 0.1) is 26.1 Å². The number of esters is 1. The first-order valence-electron chi connectivity index (χ1n) is 12.2. The van der Waals surface area contributed by atoms with E-state index in [1.807, 2.05) is 40.9 Å². The summed E-state index contributed by atoms with van der Waals surface area (Å²) in [5.74, 6) is -1.09. The summed E-state index contributed by atoms with van der Waals surface area (Å²) in [5.41, 5.74) is 2.57. The van der Waals surface area contributed by atoms with Crippen molar-refractivity contribution in [1.29, 1.82) is 0 Å². The first-order chi connectivity index (χ1) is 18.7. The molecule has 0 aliphatic carbocycles. The Balaban J connectivity index is 1.59. The lowest BCUT2D eigenvalue weighted by Crippen LogP contribution is -2.00. The zero-order chi connectivity index (χ0) is 27.2. The summed E-state index contributed by atoms with van der Waals surface area (Å²) in [6.07, 6.45) is 0. The van der Waals surface area contributed by atoms with Crippen molar-refractivity contribution in [2.24, 2.45) is 0 Å². The summed E-state index contributed by atoms with van der Waals surface area (Å²) >= 11 is 10.1. The number of carbonyl (C=O) groups excluding carboxylic acids is 1. The molecule has 0 atom stereocenters. The summed E-state index contributed by atoms with van der Waals surface area (Å²) in [7, 11) is 1.29. The van der Waals surface area contributed by atoms with Crippen molar-refractivity contribution in [3.63, 3.8) is 0 Å². The number of hydrogen-bond acceptors (Lipinski definition) is 8. The van der Waals surface area contributed by atoms with Gasteiger partial charge in [-0.2, -0.15) is 0 Å². The van der Waals surface area contributed by atoms with Gasteiger partial charge in [-0.15, -0.1) is 68.0 Å². The Morgan fingerprint density at radius 1 is 0.692 bits per heavy atom. The van der Waals surface area contributed by atoms with Crippen LogP contribution < -0.4 is 0 Å². The number of benzene rings is 1. The molecular weight excluding hydrogens is 604 g/mol. The van der Waals surface area contributed by atoms with Crippen LogP contribution in [0.3, 0.4) is 0 Å². The summed E-state index contributed by atoms with van der Waals surface area (Å²) in [6.45, 7) is 8.42. The summed E-state index contributed by atoms with van der Waals surface area (Å²) in [4.78, 5) is 21.7. The van der Waals surface area contributed by atoms with Crippen LogP contribution in [0.2, 0.25) is 0 Å². The molecule has 0 saturated heterocycles. The Morgan fingerprint density at radius 3 is 1.90 bits per heavy atom. The highest BCUT2D eigenvalue weighted by molar-refractivity contribution is 7.33. The molecule has 196 valence electrons. The van der Waals surface area contributed by atoms with Crippen LogP contribution >= 0.6 is 68.0 Å². The van der Waals surface area contributed by atoms with E-state index in [0.717, 1.165) is 19.3 Å². The van der Waals surface area contributed by atoms with Crippen molar-refractivity contribution in [1.82, 2.24) is 0 Å². The third-order valence-electron chi connectivity index (χ3n) is 6.81. The average molecular weight is 625 g/mol. The predicted molar refractivity (Wildman–Crippen MR) is 173 cm³/mol. The van der Waals surface area contributed by atoms with Gasteiger partial charge in [0, 0.05) is 61.4 Å². The lowest BCUT2D eigenvalue weighted by Gasteiger charge is -2.11. The fourth-order valence-electron chi connectivity index (χ4n) is 5.17. The zero-order valence-corrected chi connectivity index (χ0v) is 26.5. The molecule has 6 heterocycles. The van der Waals surface area contributed by atoms with Crippen LogP contribution in [0.25, 0.3) is 60.9 Å². The maximum absolute atomic E-state index is 15.3. The van der Waals surface area contributed by atoms with Crippen LogP contribution in [0.4, 0.5) is 4.39 Å². The Kier molecular flexibility index (Phi) is 6.11. The molecule has 0 spiro atoms. The number of fused-ring (bicyclic) bond motifs is 4. The molecule has 6 aromatic heterocycles. The molecule has 0 N–H and O–H groups in total. The minimum atomic E-state index is -0.623. The van der Waals surface area contributed by atoms with Crippen LogP contribution in [0.15, 0.2) is 36.4 Å². The molecule has 9 heteroatoms. The monoisotopic (exact) mass is 624 g/mol. The van der Waals surface area contributed by atoms with Crippen LogP contribution in [0.5, 0.6) is 0 Å². The SMILES string of the molecule is COC(=O)c1sc2c(-c3cc4c(-c5ccc(C)s5)c(-c5ccc(C)s5)c5cc(C)sc5c4s3)sc(C)c2c1F. The third-order valence-corrected chi connectivity index (χ3v) is 13.8. The first kappa shape index (κ1) is 25.6. The molecule has 0 fully saturated rings. The maximum atomic E-state index is 15.3. The zero-order valence-electron chi connectivity index (χ0n) is 21.6. The Bertz CT molecular complexity index is 2090. The van der Waals surface area contributed by atoms with Gasteiger partial charge in [-0.1, -0.05) is 0 Å². The fourth-order valence-corrected chi connectivity index (χ4v) is 12.0.